The molecule has 2 N–H and O–H groups in total. The van der Waals surface area contributed by atoms with Gasteiger partial charge in [-0.1, -0.05) is 5.16 Å². The zero-order valence-electron chi connectivity index (χ0n) is 10.9. The van der Waals surface area contributed by atoms with Crippen molar-refractivity contribution in [3.63, 3.8) is 0 Å². The molecule has 0 aliphatic rings. The Morgan fingerprint density at radius 3 is 2.21 bits per heavy atom. The molecule has 6 nitrogen and oxygen atoms in total. The van der Waals surface area contributed by atoms with E-state index in [1.54, 1.807) is 38.5 Å². The third kappa shape index (κ3) is 3.54. The number of methoxy groups -OCH3 is 2. The fraction of sp³-hybridized carbons (Fsp3) is 0.308. The third-order valence-electron chi connectivity index (χ3n) is 2.53. The molecule has 6 heteroatoms. The summed E-state index contributed by atoms with van der Waals surface area (Å²) in [5.74, 6) is 2.34. The van der Waals surface area contributed by atoms with Crippen LogP contribution in [0.2, 0.25) is 0 Å². The fourth-order valence-corrected chi connectivity index (χ4v) is 1.58. The first-order chi connectivity index (χ1) is 9.21. The molecule has 0 aliphatic carbocycles. The summed E-state index contributed by atoms with van der Waals surface area (Å²) in [4.78, 5) is 0. The van der Waals surface area contributed by atoms with Gasteiger partial charge in [0.1, 0.15) is 17.2 Å². The Labute approximate surface area is 111 Å². The van der Waals surface area contributed by atoms with Crippen LogP contribution in [0.25, 0.3) is 0 Å². The van der Waals surface area contributed by atoms with E-state index in [2.05, 4.69) is 5.16 Å². The maximum Gasteiger partial charge on any atom is 0.222 e. The van der Waals surface area contributed by atoms with Crippen molar-refractivity contribution in [2.75, 3.05) is 26.6 Å². The average molecular weight is 264 g/mol. The van der Waals surface area contributed by atoms with E-state index < -0.39 is 0 Å². The van der Waals surface area contributed by atoms with E-state index >= 15 is 0 Å². The van der Waals surface area contributed by atoms with Crippen molar-refractivity contribution < 1.29 is 18.7 Å². The number of ether oxygens (including phenoxy) is 3. The molecule has 0 atom stereocenters. The summed E-state index contributed by atoms with van der Waals surface area (Å²) < 4.78 is 20.7. The summed E-state index contributed by atoms with van der Waals surface area (Å²) in [7, 11) is 3.19. The van der Waals surface area contributed by atoms with Gasteiger partial charge in [-0.15, -0.1) is 0 Å². The summed E-state index contributed by atoms with van der Waals surface area (Å²) >= 11 is 0. The van der Waals surface area contributed by atoms with Crippen LogP contribution in [-0.2, 0) is 6.42 Å². The molecule has 0 spiro atoms. The maximum atomic E-state index is 5.62. The van der Waals surface area contributed by atoms with E-state index in [1.165, 1.54) is 0 Å². The second kappa shape index (κ2) is 5.99. The highest BCUT2D eigenvalue weighted by atomic mass is 16.5. The third-order valence-corrected chi connectivity index (χ3v) is 2.53. The Kier molecular flexibility index (Phi) is 4.12. The molecule has 0 unspecified atom stereocenters. The van der Waals surface area contributed by atoms with Crippen molar-refractivity contribution in [1.29, 1.82) is 0 Å². The number of nitrogen functional groups attached to an aromatic ring is 1. The average Bonchev–Trinajstić information content (AvgIpc) is 2.84. The fourth-order valence-electron chi connectivity index (χ4n) is 1.58. The summed E-state index contributed by atoms with van der Waals surface area (Å²) in [5.41, 5.74) is 6.19. The Hall–Kier alpha value is -2.37. The van der Waals surface area contributed by atoms with Crippen LogP contribution in [0, 0.1) is 0 Å². The first-order valence-electron chi connectivity index (χ1n) is 5.78. The standard InChI is InChI=1S/C13H16N2O4/c1-16-10-6-11(17-2)8-12(7-10)18-4-3-9-5-13(14)19-15-9/h5-8H,3-4,14H2,1-2H3. The van der Waals surface area contributed by atoms with E-state index in [1.807, 2.05) is 0 Å². The molecule has 0 saturated carbocycles. The molecular weight excluding hydrogens is 248 g/mol. The topological polar surface area (TPSA) is 79.7 Å². The quantitative estimate of drug-likeness (QED) is 0.858. The highest BCUT2D eigenvalue weighted by Gasteiger charge is 2.04. The minimum absolute atomic E-state index is 0.304. The lowest BCUT2D eigenvalue weighted by Gasteiger charge is -2.09. The number of nitrogens with zero attached hydrogens (tertiary/aromatic N) is 1. The van der Waals surface area contributed by atoms with Crippen molar-refractivity contribution >= 4 is 5.88 Å². The molecule has 0 bridgehead atoms. The van der Waals surface area contributed by atoms with Crippen LogP contribution in [0.4, 0.5) is 5.88 Å². The van der Waals surface area contributed by atoms with Crippen LogP contribution in [0.1, 0.15) is 5.69 Å². The Morgan fingerprint density at radius 2 is 1.68 bits per heavy atom. The molecule has 1 aromatic carbocycles. The number of nitrogens with two attached hydrogens (primary N) is 1. The molecule has 0 aliphatic heterocycles. The maximum absolute atomic E-state index is 5.62. The summed E-state index contributed by atoms with van der Waals surface area (Å²) in [6.45, 7) is 0.461. The van der Waals surface area contributed by atoms with Crippen LogP contribution in [0.15, 0.2) is 28.8 Å². The lowest BCUT2D eigenvalue weighted by atomic mass is 10.3. The van der Waals surface area contributed by atoms with Crippen molar-refractivity contribution in [3.8, 4) is 17.2 Å². The van der Waals surface area contributed by atoms with E-state index in [-0.39, 0.29) is 0 Å². The number of benzene rings is 1. The van der Waals surface area contributed by atoms with Gasteiger partial charge in [-0.25, -0.2) is 0 Å². The first kappa shape index (κ1) is 13.1. The Bertz CT molecular complexity index is 517. The number of anilines is 1. The van der Waals surface area contributed by atoms with Gasteiger partial charge >= 0.3 is 0 Å². The van der Waals surface area contributed by atoms with Crippen molar-refractivity contribution in [2.45, 2.75) is 6.42 Å². The molecule has 2 rings (SSSR count). The molecular formula is C13H16N2O4. The number of hydrogen-bond donors (Lipinski definition) is 1. The number of aromatic nitrogens is 1. The first-order valence-corrected chi connectivity index (χ1v) is 5.78. The van der Waals surface area contributed by atoms with Gasteiger partial charge in [0.25, 0.3) is 0 Å². The van der Waals surface area contributed by atoms with Crippen LogP contribution in [0.3, 0.4) is 0 Å². The van der Waals surface area contributed by atoms with Gasteiger partial charge in [0.2, 0.25) is 5.88 Å². The smallest absolute Gasteiger partial charge is 0.222 e. The Morgan fingerprint density at radius 1 is 1.05 bits per heavy atom. The molecule has 1 aromatic heterocycles. The number of rotatable bonds is 6. The highest BCUT2D eigenvalue weighted by Crippen LogP contribution is 2.27. The van der Waals surface area contributed by atoms with Crippen LogP contribution in [0.5, 0.6) is 17.2 Å². The zero-order chi connectivity index (χ0) is 13.7. The van der Waals surface area contributed by atoms with E-state index in [9.17, 15) is 0 Å². The van der Waals surface area contributed by atoms with Gasteiger partial charge in [-0.3, -0.25) is 0 Å². The zero-order valence-corrected chi connectivity index (χ0v) is 10.9. The largest absolute Gasteiger partial charge is 0.496 e. The molecule has 0 saturated heterocycles. The predicted octanol–water partition coefficient (Wildman–Crippen LogP) is 1.90. The summed E-state index contributed by atoms with van der Waals surface area (Å²) in [6, 6.07) is 7.04. The van der Waals surface area contributed by atoms with E-state index in [0.717, 1.165) is 5.69 Å². The van der Waals surface area contributed by atoms with Crippen LogP contribution >= 0.6 is 0 Å². The molecule has 0 fully saturated rings. The van der Waals surface area contributed by atoms with Crippen LogP contribution in [-0.4, -0.2) is 26.0 Å². The van der Waals surface area contributed by atoms with E-state index in [0.29, 0.717) is 36.2 Å². The normalized spacial score (nSPS) is 10.2. The Balaban J connectivity index is 1.95. The van der Waals surface area contributed by atoms with Gasteiger partial charge < -0.3 is 24.5 Å². The van der Waals surface area contributed by atoms with Crippen LogP contribution < -0.4 is 19.9 Å². The second-order valence-electron chi connectivity index (χ2n) is 3.87. The minimum Gasteiger partial charge on any atom is -0.496 e. The van der Waals surface area contributed by atoms with Crippen molar-refractivity contribution in [1.82, 2.24) is 5.16 Å². The van der Waals surface area contributed by atoms with Gasteiger partial charge in [-0.2, -0.15) is 0 Å². The lowest BCUT2D eigenvalue weighted by Crippen LogP contribution is -2.02. The summed E-state index contributed by atoms with van der Waals surface area (Å²) in [5, 5.41) is 3.79. The monoisotopic (exact) mass is 264 g/mol. The molecule has 19 heavy (non-hydrogen) atoms. The summed E-state index contributed by atoms with van der Waals surface area (Å²) in [6.07, 6.45) is 0.611. The molecule has 102 valence electrons. The molecule has 0 radical (unpaired) electrons. The van der Waals surface area contributed by atoms with Crippen molar-refractivity contribution in [2.24, 2.45) is 0 Å². The van der Waals surface area contributed by atoms with Gasteiger partial charge in [0.05, 0.1) is 26.5 Å². The van der Waals surface area contributed by atoms with E-state index in [4.69, 9.17) is 24.5 Å². The molecule has 0 amide bonds. The predicted molar refractivity (Wildman–Crippen MR) is 69.7 cm³/mol. The molecule has 1 heterocycles. The van der Waals surface area contributed by atoms with Gasteiger partial charge in [-0.05, 0) is 0 Å². The SMILES string of the molecule is COc1cc(OC)cc(OCCc2cc(N)on2)c1. The minimum atomic E-state index is 0.304. The second-order valence-corrected chi connectivity index (χ2v) is 3.87. The van der Waals surface area contributed by atoms with Gasteiger partial charge in [0, 0.05) is 30.7 Å². The highest BCUT2D eigenvalue weighted by molar-refractivity contribution is 5.42. The molecule has 2 aromatic rings. The van der Waals surface area contributed by atoms with Crippen molar-refractivity contribution in [3.05, 3.63) is 30.0 Å². The lowest BCUT2D eigenvalue weighted by molar-refractivity contribution is 0.310. The number of hydrogen-bond acceptors (Lipinski definition) is 6. The van der Waals surface area contributed by atoms with Gasteiger partial charge in [0.15, 0.2) is 0 Å².